The molecule has 9 nitrogen and oxygen atoms in total. The van der Waals surface area contributed by atoms with Crippen molar-refractivity contribution in [3.8, 4) is 17.1 Å². The molecule has 3 aromatic rings. The van der Waals surface area contributed by atoms with Gasteiger partial charge in [0.05, 0.1) is 35.9 Å². The van der Waals surface area contributed by atoms with Gasteiger partial charge in [0.15, 0.2) is 15.7 Å². The van der Waals surface area contributed by atoms with E-state index in [4.69, 9.17) is 5.73 Å². The van der Waals surface area contributed by atoms with Crippen LogP contribution in [0.5, 0.6) is 0 Å². The molecule has 2 aromatic heterocycles. The summed E-state index contributed by atoms with van der Waals surface area (Å²) < 4.78 is 37.9. The molecule has 2 heterocycles. The van der Waals surface area contributed by atoms with Crippen molar-refractivity contribution < 1.29 is 12.8 Å². The molecule has 0 spiro atoms. The molecule has 0 aliphatic rings. The van der Waals surface area contributed by atoms with Gasteiger partial charge >= 0.3 is 5.69 Å². The number of hydrogen-bond donors (Lipinski definition) is 1. The van der Waals surface area contributed by atoms with Gasteiger partial charge in [-0.25, -0.2) is 31.8 Å². The maximum atomic E-state index is 12.7. The zero-order chi connectivity index (χ0) is 20.3. The summed E-state index contributed by atoms with van der Waals surface area (Å²) in [7, 11) is -3.28. The van der Waals surface area contributed by atoms with Crippen LogP contribution < -0.4 is 11.4 Å². The molecule has 0 bridgehead atoms. The Kier molecular flexibility index (Phi) is 5.47. The molecular weight excluding hydrogens is 387 g/mol. The van der Waals surface area contributed by atoms with Gasteiger partial charge in [0.1, 0.15) is 6.33 Å². The molecule has 0 radical (unpaired) electrons. The van der Waals surface area contributed by atoms with Gasteiger partial charge in [0.25, 0.3) is 0 Å². The third kappa shape index (κ3) is 4.05. The highest BCUT2D eigenvalue weighted by atomic mass is 32.2. The molecule has 0 aliphatic heterocycles. The van der Waals surface area contributed by atoms with Gasteiger partial charge in [-0.15, -0.1) is 0 Å². The normalized spacial score (nSPS) is 12.3. The summed E-state index contributed by atoms with van der Waals surface area (Å²) >= 11 is 0. The minimum Gasteiger partial charge on any atom is -0.327 e. The summed E-state index contributed by atoms with van der Waals surface area (Å²) in [5, 5.41) is 3.92. The Bertz CT molecular complexity index is 1160. The number of halogens is 1. The fraction of sp³-hybridized carbons (Fsp3) is 0.176. The van der Waals surface area contributed by atoms with Crippen molar-refractivity contribution in [2.75, 3.05) is 12.8 Å². The number of aromatic nitrogens is 5. The zero-order valence-electron chi connectivity index (χ0n) is 14.9. The zero-order valence-corrected chi connectivity index (χ0v) is 15.7. The molecule has 11 heteroatoms. The van der Waals surface area contributed by atoms with Crippen LogP contribution in [0.3, 0.4) is 0 Å². The lowest BCUT2D eigenvalue weighted by atomic mass is 10.2. The molecule has 146 valence electrons. The summed E-state index contributed by atoms with van der Waals surface area (Å²) in [4.78, 5) is 21.0. The van der Waals surface area contributed by atoms with Gasteiger partial charge in [-0.2, -0.15) is 5.10 Å². The van der Waals surface area contributed by atoms with Gasteiger partial charge in [-0.3, -0.25) is 4.98 Å². The van der Waals surface area contributed by atoms with Crippen LogP contribution in [0.2, 0.25) is 0 Å². The Morgan fingerprint density at radius 1 is 1.21 bits per heavy atom. The average Bonchev–Trinajstić information content (AvgIpc) is 3.06. The predicted molar refractivity (Wildman–Crippen MR) is 100 cm³/mol. The highest BCUT2D eigenvalue weighted by Crippen LogP contribution is 2.19. The van der Waals surface area contributed by atoms with Crippen molar-refractivity contribution in [1.82, 2.24) is 24.3 Å². The van der Waals surface area contributed by atoms with Crippen LogP contribution in [0.15, 0.2) is 64.6 Å². The summed E-state index contributed by atoms with van der Waals surface area (Å²) in [6.45, 7) is -0.0839. The van der Waals surface area contributed by atoms with E-state index in [-0.39, 0.29) is 29.4 Å². The Morgan fingerprint density at radius 2 is 1.93 bits per heavy atom. The molecule has 0 atom stereocenters. The SMILES string of the molecule is CS(=O)(=O)c1ccc(-c2cnc(-n3cnn(C/C(=C/F)CN)c3=O)cn2)cc1. The molecule has 0 aliphatic carbocycles. The molecule has 0 fully saturated rings. The molecule has 0 saturated carbocycles. The minimum atomic E-state index is -3.28. The Balaban J connectivity index is 1.85. The molecule has 3 rings (SSSR count). The highest BCUT2D eigenvalue weighted by Gasteiger charge is 2.11. The number of nitrogens with two attached hydrogens (primary N) is 1. The highest BCUT2D eigenvalue weighted by molar-refractivity contribution is 7.90. The van der Waals surface area contributed by atoms with Gasteiger partial charge in [0.2, 0.25) is 0 Å². The summed E-state index contributed by atoms with van der Waals surface area (Å²) in [5.41, 5.74) is 6.30. The van der Waals surface area contributed by atoms with Crippen molar-refractivity contribution in [3.05, 3.63) is 65.4 Å². The summed E-state index contributed by atoms with van der Waals surface area (Å²) in [6.07, 6.45) is 5.60. The maximum absolute atomic E-state index is 12.7. The lowest BCUT2D eigenvalue weighted by Gasteiger charge is -2.04. The first-order chi connectivity index (χ1) is 13.3. The summed E-state index contributed by atoms with van der Waals surface area (Å²) in [6, 6.07) is 6.23. The minimum absolute atomic E-state index is 0.0254. The Hall–Kier alpha value is -3.18. The largest absolute Gasteiger partial charge is 0.351 e. The van der Waals surface area contributed by atoms with E-state index in [0.717, 1.165) is 10.9 Å². The topological polar surface area (TPSA) is 126 Å². The Labute approximate surface area is 159 Å². The van der Waals surface area contributed by atoms with E-state index in [1.807, 2.05) is 0 Å². The van der Waals surface area contributed by atoms with Crippen molar-refractivity contribution >= 4 is 9.84 Å². The molecule has 0 unspecified atom stereocenters. The first-order valence-corrected chi connectivity index (χ1v) is 9.98. The number of nitrogens with zero attached hydrogens (tertiary/aromatic N) is 5. The quantitative estimate of drug-likeness (QED) is 0.641. The molecule has 0 saturated heterocycles. The monoisotopic (exact) mass is 404 g/mol. The molecule has 1 aromatic carbocycles. The number of sulfone groups is 1. The van der Waals surface area contributed by atoms with E-state index >= 15 is 0 Å². The van der Waals surface area contributed by atoms with Crippen LogP contribution in [0.4, 0.5) is 4.39 Å². The lowest BCUT2D eigenvalue weighted by molar-refractivity contribution is 0.602. The van der Waals surface area contributed by atoms with Crippen LogP contribution in [0.1, 0.15) is 0 Å². The second-order valence-corrected chi connectivity index (χ2v) is 7.98. The van der Waals surface area contributed by atoms with Crippen LogP contribution in [0, 0.1) is 0 Å². The van der Waals surface area contributed by atoms with Gasteiger partial charge in [-0.1, -0.05) is 12.1 Å². The van der Waals surface area contributed by atoms with E-state index in [1.165, 1.54) is 35.4 Å². The fourth-order valence-corrected chi connectivity index (χ4v) is 3.04. The van der Waals surface area contributed by atoms with Crippen molar-refractivity contribution in [1.29, 1.82) is 0 Å². The smallest absolute Gasteiger partial charge is 0.327 e. The number of hydrogen-bond acceptors (Lipinski definition) is 7. The molecule has 28 heavy (non-hydrogen) atoms. The van der Waals surface area contributed by atoms with Gasteiger partial charge in [0, 0.05) is 18.4 Å². The van der Waals surface area contributed by atoms with Gasteiger partial charge < -0.3 is 5.73 Å². The van der Waals surface area contributed by atoms with Crippen LogP contribution in [-0.4, -0.2) is 45.5 Å². The van der Waals surface area contributed by atoms with Crippen molar-refractivity contribution in [3.63, 3.8) is 0 Å². The van der Waals surface area contributed by atoms with E-state index < -0.39 is 15.5 Å². The second kappa shape index (κ2) is 7.82. The van der Waals surface area contributed by atoms with Gasteiger partial charge in [-0.05, 0) is 17.7 Å². The third-order valence-electron chi connectivity index (χ3n) is 3.97. The first kappa shape index (κ1) is 19.6. The molecule has 2 N–H and O–H groups in total. The average molecular weight is 404 g/mol. The predicted octanol–water partition coefficient (Wildman–Crippen LogP) is 0.707. The lowest BCUT2D eigenvalue weighted by Crippen LogP contribution is -2.26. The fourth-order valence-electron chi connectivity index (χ4n) is 2.41. The Morgan fingerprint density at radius 3 is 2.46 bits per heavy atom. The third-order valence-corrected chi connectivity index (χ3v) is 5.09. The number of benzene rings is 1. The van der Waals surface area contributed by atoms with Crippen LogP contribution >= 0.6 is 0 Å². The molecular formula is C17H17FN6O3S. The maximum Gasteiger partial charge on any atom is 0.351 e. The second-order valence-electron chi connectivity index (χ2n) is 5.97. The van der Waals surface area contributed by atoms with Crippen LogP contribution in [0.25, 0.3) is 17.1 Å². The number of rotatable bonds is 6. The van der Waals surface area contributed by atoms with Crippen molar-refractivity contribution in [2.24, 2.45) is 5.73 Å². The van der Waals surface area contributed by atoms with Crippen molar-refractivity contribution in [2.45, 2.75) is 11.4 Å². The van der Waals surface area contributed by atoms with E-state index in [9.17, 15) is 17.6 Å². The summed E-state index contributed by atoms with van der Waals surface area (Å²) in [5.74, 6) is 0.242. The van der Waals surface area contributed by atoms with E-state index in [0.29, 0.717) is 17.6 Å². The van der Waals surface area contributed by atoms with E-state index in [2.05, 4.69) is 15.1 Å². The van der Waals surface area contributed by atoms with E-state index in [1.54, 1.807) is 12.1 Å². The standard InChI is InChI=1S/C17H17FN6O3S/c1-28(26,27)14-4-2-13(3-5-14)15-8-21-16(9-20-15)23-11-22-24(17(23)25)10-12(6-18)7-19/h2-6,8-9,11H,7,10,19H2,1H3/b12-6+. The van der Waals surface area contributed by atoms with Crippen LogP contribution in [-0.2, 0) is 16.4 Å². The molecule has 0 amide bonds. The first-order valence-electron chi connectivity index (χ1n) is 8.09.